The number of nitrogens with zero attached hydrogens (tertiary/aromatic N) is 4. The average Bonchev–Trinajstić information content (AvgIpc) is 3.04. The molecule has 0 saturated carbocycles. The predicted octanol–water partition coefficient (Wildman–Crippen LogP) is 3.84. The quantitative estimate of drug-likeness (QED) is 0.483. The van der Waals surface area contributed by atoms with Crippen LogP contribution in [0.1, 0.15) is 12.5 Å². The zero-order chi connectivity index (χ0) is 16.8. The Morgan fingerprint density at radius 2 is 1.79 bits per heavy atom. The molecule has 2 heterocycles. The van der Waals surface area contributed by atoms with Gasteiger partial charge in [-0.25, -0.2) is 0 Å². The van der Waals surface area contributed by atoms with Gasteiger partial charge in [0.15, 0.2) is 11.0 Å². The third kappa shape index (κ3) is 3.94. The summed E-state index contributed by atoms with van der Waals surface area (Å²) < 4.78 is 7.88. The standard InChI is InChI=1S/C18H20N4OS/c1-3-22-17(15-8-10-19-11-9-15)20-21-18(22)24-13-12-23-16-6-4-14(2)5-7-16/h4-11H,3,12-13H2,1-2H3. The summed E-state index contributed by atoms with van der Waals surface area (Å²) in [4.78, 5) is 4.05. The van der Waals surface area contributed by atoms with Crippen LogP contribution in [-0.4, -0.2) is 32.1 Å². The summed E-state index contributed by atoms with van der Waals surface area (Å²) in [6.07, 6.45) is 3.54. The van der Waals surface area contributed by atoms with Gasteiger partial charge < -0.3 is 9.30 Å². The molecule has 6 heteroatoms. The SMILES string of the molecule is CCn1c(SCCOc2ccc(C)cc2)nnc1-c1ccncc1. The highest BCUT2D eigenvalue weighted by atomic mass is 32.2. The lowest BCUT2D eigenvalue weighted by Gasteiger charge is -2.08. The van der Waals surface area contributed by atoms with E-state index in [1.807, 2.05) is 24.3 Å². The van der Waals surface area contributed by atoms with E-state index in [1.165, 1.54) is 5.56 Å². The maximum absolute atomic E-state index is 5.76. The van der Waals surface area contributed by atoms with Crippen molar-refractivity contribution < 1.29 is 4.74 Å². The average molecular weight is 340 g/mol. The number of ether oxygens (including phenoxy) is 1. The third-order valence-electron chi connectivity index (χ3n) is 3.58. The van der Waals surface area contributed by atoms with Gasteiger partial charge in [0.05, 0.1) is 6.61 Å². The molecule has 0 atom stereocenters. The first-order valence-electron chi connectivity index (χ1n) is 7.94. The van der Waals surface area contributed by atoms with Crippen LogP contribution in [0.25, 0.3) is 11.4 Å². The number of rotatable bonds is 7. The number of aromatic nitrogens is 4. The van der Waals surface area contributed by atoms with Crippen LogP contribution in [-0.2, 0) is 6.54 Å². The zero-order valence-corrected chi connectivity index (χ0v) is 14.7. The van der Waals surface area contributed by atoms with E-state index in [4.69, 9.17) is 4.74 Å². The number of hydrogen-bond acceptors (Lipinski definition) is 5. The molecule has 0 bridgehead atoms. The molecule has 3 rings (SSSR count). The number of pyridine rings is 1. The van der Waals surface area contributed by atoms with E-state index in [2.05, 4.69) is 45.7 Å². The predicted molar refractivity (Wildman–Crippen MR) is 96.3 cm³/mol. The van der Waals surface area contributed by atoms with Crippen molar-refractivity contribution in [2.75, 3.05) is 12.4 Å². The lowest BCUT2D eigenvalue weighted by atomic mass is 10.2. The zero-order valence-electron chi connectivity index (χ0n) is 13.8. The van der Waals surface area contributed by atoms with Crippen molar-refractivity contribution in [2.24, 2.45) is 0 Å². The molecule has 0 fully saturated rings. The maximum Gasteiger partial charge on any atom is 0.191 e. The van der Waals surface area contributed by atoms with Gasteiger partial charge in [0.25, 0.3) is 0 Å². The van der Waals surface area contributed by atoms with Crippen LogP contribution in [0, 0.1) is 6.92 Å². The van der Waals surface area contributed by atoms with Gasteiger partial charge >= 0.3 is 0 Å². The Labute approximate surface area is 146 Å². The first-order valence-corrected chi connectivity index (χ1v) is 8.92. The Morgan fingerprint density at radius 1 is 1.04 bits per heavy atom. The lowest BCUT2D eigenvalue weighted by Crippen LogP contribution is -2.03. The number of aryl methyl sites for hydroxylation is 1. The van der Waals surface area contributed by atoms with Gasteiger partial charge in [0.1, 0.15) is 5.75 Å². The molecular formula is C18H20N4OS. The first kappa shape index (κ1) is 16.5. The molecule has 0 aliphatic heterocycles. The van der Waals surface area contributed by atoms with Crippen LogP contribution in [0.3, 0.4) is 0 Å². The van der Waals surface area contributed by atoms with Gasteiger partial charge in [-0.15, -0.1) is 10.2 Å². The van der Waals surface area contributed by atoms with E-state index < -0.39 is 0 Å². The Kier molecular flexibility index (Phi) is 5.48. The van der Waals surface area contributed by atoms with Crippen molar-refractivity contribution in [3.8, 4) is 17.1 Å². The molecule has 24 heavy (non-hydrogen) atoms. The largest absolute Gasteiger partial charge is 0.493 e. The molecule has 0 radical (unpaired) electrons. The molecule has 0 saturated heterocycles. The van der Waals surface area contributed by atoms with Crippen molar-refractivity contribution in [1.82, 2.24) is 19.7 Å². The molecule has 2 aromatic heterocycles. The van der Waals surface area contributed by atoms with Gasteiger partial charge in [0.2, 0.25) is 0 Å². The molecule has 0 amide bonds. The van der Waals surface area contributed by atoms with E-state index >= 15 is 0 Å². The minimum atomic E-state index is 0.634. The van der Waals surface area contributed by atoms with E-state index in [0.717, 1.165) is 34.6 Å². The summed E-state index contributed by atoms with van der Waals surface area (Å²) in [5.41, 5.74) is 2.26. The Balaban J connectivity index is 1.59. The molecule has 0 N–H and O–H groups in total. The highest BCUT2D eigenvalue weighted by molar-refractivity contribution is 7.99. The number of thioether (sulfide) groups is 1. The van der Waals surface area contributed by atoms with Crippen molar-refractivity contribution >= 4 is 11.8 Å². The first-order chi connectivity index (χ1) is 11.8. The molecule has 3 aromatic rings. The summed E-state index contributed by atoms with van der Waals surface area (Å²) in [6, 6.07) is 12.0. The van der Waals surface area contributed by atoms with Crippen molar-refractivity contribution in [2.45, 2.75) is 25.5 Å². The van der Waals surface area contributed by atoms with Gasteiger partial charge in [0, 0.05) is 30.3 Å². The van der Waals surface area contributed by atoms with Crippen molar-refractivity contribution in [3.63, 3.8) is 0 Å². The molecule has 124 valence electrons. The fraction of sp³-hybridized carbons (Fsp3) is 0.278. The highest BCUT2D eigenvalue weighted by Crippen LogP contribution is 2.23. The lowest BCUT2D eigenvalue weighted by molar-refractivity contribution is 0.343. The Morgan fingerprint density at radius 3 is 2.50 bits per heavy atom. The van der Waals surface area contributed by atoms with Crippen LogP contribution >= 0.6 is 11.8 Å². The van der Waals surface area contributed by atoms with E-state index in [1.54, 1.807) is 24.2 Å². The van der Waals surface area contributed by atoms with E-state index in [0.29, 0.717) is 6.61 Å². The van der Waals surface area contributed by atoms with Crippen LogP contribution in [0.2, 0.25) is 0 Å². The summed E-state index contributed by atoms with van der Waals surface area (Å²) in [6.45, 7) is 5.62. The van der Waals surface area contributed by atoms with Gasteiger partial charge in [-0.05, 0) is 38.1 Å². The van der Waals surface area contributed by atoms with Crippen LogP contribution < -0.4 is 4.74 Å². The van der Waals surface area contributed by atoms with Crippen molar-refractivity contribution in [1.29, 1.82) is 0 Å². The topological polar surface area (TPSA) is 52.8 Å². The van der Waals surface area contributed by atoms with Crippen LogP contribution in [0.4, 0.5) is 0 Å². The fourth-order valence-electron chi connectivity index (χ4n) is 2.32. The summed E-state index contributed by atoms with van der Waals surface area (Å²) in [5.74, 6) is 2.60. The van der Waals surface area contributed by atoms with Crippen LogP contribution in [0.15, 0.2) is 53.9 Å². The molecule has 1 aromatic carbocycles. The molecule has 0 spiro atoms. The smallest absolute Gasteiger partial charge is 0.191 e. The Bertz CT molecular complexity index is 771. The molecule has 0 unspecified atom stereocenters. The summed E-state index contributed by atoms with van der Waals surface area (Å²) >= 11 is 1.66. The third-order valence-corrected chi connectivity index (χ3v) is 4.51. The second-order valence-electron chi connectivity index (χ2n) is 5.30. The highest BCUT2D eigenvalue weighted by Gasteiger charge is 2.12. The summed E-state index contributed by atoms with van der Waals surface area (Å²) in [7, 11) is 0. The van der Waals surface area contributed by atoms with Gasteiger partial charge in [-0.3, -0.25) is 4.98 Å². The summed E-state index contributed by atoms with van der Waals surface area (Å²) in [5, 5.41) is 9.56. The fourth-order valence-corrected chi connectivity index (χ4v) is 3.14. The maximum atomic E-state index is 5.76. The molecular weight excluding hydrogens is 320 g/mol. The van der Waals surface area contributed by atoms with Gasteiger partial charge in [-0.2, -0.15) is 0 Å². The molecule has 0 aliphatic carbocycles. The minimum Gasteiger partial charge on any atom is -0.493 e. The normalized spacial score (nSPS) is 10.8. The minimum absolute atomic E-state index is 0.634. The number of benzene rings is 1. The van der Waals surface area contributed by atoms with E-state index in [-0.39, 0.29) is 0 Å². The number of hydrogen-bond donors (Lipinski definition) is 0. The monoisotopic (exact) mass is 340 g/mol. The molecule has 5 nitrogen and oxygen atoms in total. The van der Waals surface area contributed by atoms with Gasteiger partial charge in [-0.1, -0.05) is 29.5 Å². The van der Waals surface area contributed by atoms with Crippen LogP contribution in [0.5, 0.6) is 5.75 Å². The second-order valence-corrected chi connectivity index (χ2v) is 6.36. The Hall–Kier alpha value is -2.34. The van der Waals surface area contributed by atoms with E-state index in [9.17, 15) is 0 Å². The second kappa shape index (κ2) is 7.97. The molecule has 0 aliphatic rings. The van der Waals surface area contributed by atoms with Crippen molar-refractivity contribution in [3.05, 3.63) is 54.4 Å².